The van der Waals surface area contributed by atoms with Gasteiger partial charge in [-0.05, 0) is 128 Å². The van der Waals surface area contributed by atoms with E-state index in [1.165, 1.54) is 83.5 Å². The molecule has 0 saturated carbocycles. The second kappa shape index (κ2) is 59.4. The molecule has 0 bridgehead atoms. The molecule has 0 radical (unpaired) electrons. The fourth-order valence-corrected chi connectivity index (χ4v) is 7.81. The lowest BCUT2D eigenvalue weighted by Crippen LogP contribution is -2.30. The Morgan fingerprint density at radius 1 is 0.292 bits per heavy atom. The smallest absolute Gasteiger partial charge is 0.306 e. The van der Waals surface area contributed by atoms with E-state index in [0.29, 0.717) is 12.8 Å². The second-order valence-electron chi connectivity index (χ2n) is 19.1. The summed E-state index contributed by atoms with van der Waals surface area (Å²) in [5, 5.41) is 0. The molecule has 6 nitrogen and oxygen atoms in total. The Labute approximate surface area is 443 Å². The number of ether oxygens (including phenoxy) is 3. The van der Waals surface area contributed by atoms with Gasteiger partial charge < -0.3 is 14.2 Å². The zero-order chi connectivity index (χ0) is 52.2. The van der Waals surface area contributed by atoms with Crippen molar-refractivity contribution in [2.75, 3.05) is 13.2 Å². The number of carbonyl (C=O) groups is 3. The molecule has 0 aromatic rings. The highest BCUT2D eigenvalue weighted by atomic mass is 16.6. The van der Waals surface area contributed by atoms with Gasteiger partial charge in [0.2, 0.25) is 0 Å². The van der Waals surface area contributed by atoms with Gasteiger partial charge in [-0.3, -0.25) is 14.4 Å². The van der Waals surface area contributed by atoms with E-state index in [9.17, 15) is 14.4 Å². The van der Waals surface area contributed by atoms with E-state index in [0.717, 1.165) is 135 Å². The van der Waals surface area contributed by atoms with Crippen molar-refractivity contribution < 1.29 is 28.6 Å². The summed E-state index contributed by atoms with van der Waals surface area (Å²) in [5.74, 6) is -0.945. The van der Waals surface area contributed by atoms with Crippen LogP contribution in [0.2, 0.25) is 0 Å². The van der Waals surface area contributed by atoms with Gasteiger partial charge in [0.15, 0.2) is 6.10 Å². The van der Waals surface area contributed by atoms with Crippen molar-refractivity contribution in [3.05, 3.63) is 122 Å². The third-order valence-electron chi connectivity index (χ3n) is 12.2. The zero-order valence-corrected chi connectivity index (χ0v) is 46.7. The Bertz CT molecular complexity index is 1520. The maximum atomic E-state index is 12.9. The quantitative estimate of drug-likeness (QED) is 0.0261. The van der Waals surface area contributed by atoms with Gasteiger partial charge in [-0.1, -0.05) is 232 Å². The Morgan fingerprint density at radius 3 is 0.875 bits per heavy atom. The summed E-state index contributed by atoms with van der Waals surface area (Å²) in [6.45, 7) is 6.35. The van der Waals surface area contributed by atoms with E-state index < -0.39 is 6.10 Å². The number of esters is 3. The maximum Gasteiger partial charge on any atom is 0.306 e. The van der Waals surface area contributed by atoms with Crippen molar-refractivity contribution in [3.8, 4) is 0 Å². The van der Waals surface area contributed by atoms with Gasteiger partial charge in [-0.2, -0.15) is 0 Å². The zero-order valence-electron chi connectivity index (χ0n) is 46.7. The molecule has 0 fully saturated rings. The number of carbonyl (C=O) groups excluding carboxylic acids is 3. The van der Waals surface area contributed by atoms with Crippen LogP contribution in [0.3, 0.4) is 0 Å². The standard InChI is InChI=1S/C66H108O6/c1-4-7-10-13-16-19-22-25-27-29-31-32-33-34-36-37-39-41-44-47-50-53-56-59-65(68)71-62-63(61-70-64(67)58-55-52-49-46-43-24-21-18-15-12-9-6-3)72-66(69)60-57-54-51-48-45-42-40-38-35-30-28-26-23-20-17-14-11-8-5-2/h7-8,10-11,16-21,25-28,31-32,35,38,42,45,63H,4-6,9,12-15,22-24,29-30,33-34,36-37,39-41,43-44,46-62H2,1-3H3/b10-7-,11-8-,19-16-,20-17-,21-18-,27-25-,28-26-,32-31-,38-35-,45-42-. The van der Waals surface area contributed by atoms with Crippen LogP contribution in [0.5, 0.6) is 0 Å². The molecular formula is C66H108O6. The van der Waals surface area contributed by atoms with Crippen molar-refractivity contribution in [3.63, 3.8) is 0 Å². The largest absolute Gasteiger partial charge is 0.462 e. The van der Waals surface area contributed by atoms with Crippen molar-refractivity contribution in [1.82, 2.24) is 0 Å². The predicted molar refractivity (Wildman–Crippen MR) is 311 cm³/mol. The first-order chi connectivity index (χ1) is 35.5. The molecule has 1 atom stereocenters. The van der Waals surface area contributed by atoms with E-state index in [1.807, 2.05) is 0 Å². The van der Waals surface area contributed by atoms with Crippen molar-refractivity contribution in [1.29, 1.82) is 0 Å². The molecule has 0 aromatic heterocycles. The minimum Gasteiger partial charge on any atom is -0.462 e. The highest BCUT2D eigenvalue weighted by molar-refractivity contribution is 5.71. The van der Waals surface area contributed by atoms with Gasteiger partial charge in [-0.15, -0.1) is 0 Å². The molecule has 72 heavy (non-hydrogen) atoms. The molecule has 0 aliphatic heterocycles. The van der Waals surface area contributed by atoms with E-state index in [-0.39, 0.29) is 37.5 Å². The lowest BCUT2D eigenvalue weighted by molar-refractivity contribution is -0.167. The molecule has 0 saturated heterocycles. The van der Waals surface area contributed by atoms with Crippen molar-refractivity contribution in [2.24, 2.45) is 0 Å². The number of hydrogen-bond donors (Lipinski definition) is 0. The number of allylic oxidation sites excluding steroid dienone is 20. The summed E-state index contributed by atoms with van der Waals surface area (Å²) >= 11 is 0. The molecule has 1 unspecified atom stereocenters. The first kappa shape index (κ1) is 67.8. The van der Waals surface area contributed by atoms with E-state index >= 15 is 0 Å². The molecule has 0 heterocycles. The first-order valence-corrected chi connectivity index (χ1v) is 29.5. The molecule has 0 spiro atoms. The van der Waals surface area contributed by atoms with Crippen LogP contribution < -0.4 is 0 Å². The molecule has 0 amide bonds. The third kappa shape index (κ3) is 56.7. The molecule has 0 aliphatic carbocycles. The van der Waals surface area contributed by atoms with E-state index in [1.54, 1.807) is 0 Å². The second-order valence-corrected chi connectivity index (χ2v) is 19.1. The monoisotopic (exact) mass is 997 g/mol. The summed E-state index contributed by atoms with van der Waals surface area (Å²) in [5.41, 5.74) is 0. The topological polar surface area (TPSA) is 78.9 Å². The van der Waals surface area contributed by atoms with Gasteiger partial charge in [0.25, 0.3) is 0 Å². The Kier molecular flexibility index (Phi) is 55.9. The lowest BCUT2D eigenvalue weighted by Gasteiger charge is -2.18. The molecule has 0 aliphatic rings. The molecule has 0 N–H and O–H groups in total. The number of unbranched alkanes of at least 4 members (excludes halogenated alkanes) is 21. The Hall–Kier alpha value is -4.19. The SMILES string of the molecule is CC/C=C\C/C=C\C/C=C\C/C=C\C/C=C\CCCCCC(=O)OC(COC(=O)CCCCCCC/C=C\CCCCC)COC(=O)CCCCCCCCCCCC/C=C\C/C=C\C/C=C\C/C=C\CC. The number of rotatable bonds is 52. The Morgan fingerprint density at radius 2 is 0.542 bits per heavy atom. The van der Waals surface area contributed by atoms with Crippen LogP contribution in [-0.2, 0) is 28.6 Å². The third-order valence-corrected chi connectivity index (χ3v) is 12.2. The minimum atomic E-state index is -0.804. The van der Waals surface area contributed by atoms with Crippen LogP contribution in [-0.4, -0.2) is 37.2 Å². The minimum absolute atomic E-state index is 0.0988. The van der Waals surface area contributed by atoms with Crippen molar-refractivity contribution >= 4 is 17.9 Å². The van der Waals surface area contributed by atoms with Crippen LogP contribution >= 0.6 is 0 Å². The summed E-state index contributed by atoms with van der Waals surface area (Å²) in [7, 11) is 0. The fraction of sp³-hybridized carbons (Fsp3) is 0.652. The molecule has 6 heteroatoms. The average molecular weight is 998 g/mol. The normalized spacial score (nSPS) is 13.0. The van der Waals surface area contributed by atoms with E-state index in [4.69, 9.17) is 14.2 Å². The van der Waals surface area contributed by atoms with Gasteiger partial charge in [0, 0.05) is 19.3 Å². The van der Waals surface area contributed by atoms with Crippen LogP contribution in [0.15, 0.2) is 122 Å². The summed E-state index contributed by atoms with van der Waals surface area (Å²) in [6.07, 6.45) is 81.9. The maximum absolute atomic E-state index is 12.9. The van der Waals surface area contributed by atoms with Crippen LogP contribution in [0.1, 0.15) is 258 Å². The summed E-state index contributed by atoms with van der Waals surface area (Å²) in [4.78, 5) is 38.2. The van der Waals surface area contributed by atoms with Crippen LogP contribution in [0, 0.1) is 0 Å². The highest BCUT2D eigenvalue weighted by Crippen LogP contribution is 2.14. The fourth-order valence-electron chi connectivity index (χ4n) is 7.81. The molecule has 408 valence electrons. The highest BCUT2D eigenvalue weighted by Gasteiger charge is 2.19. The van der Waals surface area contributed by atoms with Gasteiger partial charge in [0.1, 0.15) is 13.2 Å². The van der Waals surface area contributed by atoms with Gasteiger partial charge >= 0.3 is 17.9 Å². The van der Waals surface area contributed by atoms with E-state index in [2.05, 4.69) is 142 Å². The number of hydrogen-bond acceptors (Lipinski definition) is 6. The average Bonchev–Trinajstić information content (AvgIpc) is 3.38. The Balaban J connectivity index is 4.41. The van der Waals surface area contributed by atoms with Crippen LogP contribution in [0.4, 0.5) is 0 Å². The van der Waals surface area contributed by atoms with Gasteiger partial charge in [0.05, 0.1) is 0 Å². The van der Waals surface area contributed by atoms with Crippen molar-refractivity contribution in [2.45, 2.75) is 264 Å². The van der Waals surface area contributed by atoms with Gasteiger partial charge in [-0.25, -0.2) is 0 Å². The predicted octanol–water partition coefficient (Wildman–Crippen LogP) is 20.0. The first-order valence-electron chi connectivity index (χ1n) is 29.5. The lowest BCUT2D eigenvalue weighted by atomic mass is 10.1. The molecular weight excluding hydrogens is 889 g/mol. The molecule has 0 rings (SSSR count). The van der Waals surface area contributed by atoms with Crippen LogP contribution in [0.25, 0.3) is 0 Å². The summed E-state index contributed by atoms with van der Waals surface area (Å²) < 4.78 is 16.8. The molecule has 0 aromatic carbocycles. The summed E-state index contributed by atoms with van der Waals surface area (Å²) in [6, 6.07) is 0.